The van der Waals surface area contributed by atoms with Gasteiger partial charge in [-0.25, -0.2) is 0 Å². The number of rotatable bonds is 4. The number of carbonyl (C=O) groups excluding carboxylic acids is 1. The fourth-order valence-electron chi connectivity index (χ4n) is 2.24. The van der Waals surface area contributed by atoms with Gasteiger partial charge < -0.3 is 10.6 Å². The molecule has 1 amide bonds. The van der Waals surface area contributed by atoms with Crippen molar-refractivity contribution in [2.24, 2.45) is 5.92 Å². The van der Waals surface area contributed by atoms with Gasteiger partial charge >= 0.3 is 0 Å². The van der Waals surface area contributed by atoms with E-state index in [1.165, 1.54) is 11.3 Å². The van der Waals surface area contributed by atoms with Gasteiger partial charge in [0.15, 0.2) is 0 Å². The van der Waals surface area contributed by atoms with Gasteiger partial charge in [-0.15, -0.1) is 0 Å². The maximum absolute atomic E-state index is 12.0. The number of amides is 1. The fraction of sp³-hybridized carbons (Fsp3) is 0.533. The van der Waals surface area contributed by atoms with Crippen LogP contribution in [-0.4, -0.2) is 18.5 Å². The Morgan fingerprint density at radius 3 is 2.83 bits per heavy atom. The maximum Gasteiger partial charge on any atom is 0.220 e. The molecule has 0 fully saturated rings. The van der Waals surface area contributed by atoms with Crippen molar-refractivity contribution in [2.45, 2.75) is 39.2 Å². The third kappa shape index (κ3) is 2.84. The molecule has 1 heterocycles. The molecule has 0 saturated heterocycles. The molecule has 3 heteroatoms. The van der Waals surface area contributed by atoms with Gasteiger partial charge in [-0.1, -0.05) is 32.0 Å². The summed E-state index contributed by atoms with van der Waals surface area (Å²) in [6.45, 7) is 7.17. The van der Waals surface area contributed by atoms with E-state index in [2.05, 4.69) is 43.5 Å². The SMILES string of the molecule is CC(C)C(C)NC(=O)CC1CNc2ccccc21. The van der Waals surface area contributed by atoms with Crippen LogP contribution in [-0.2, 0) is 4.79 Å². The van der Waals surface area contributed by atoms with Crippen LogP contribution in [0.4, 0.5) is 5.69 Å². The van der Waals surface area contributed by atoms with Crippen LogP contribution >= 0.6 is 0 Å². The largest absolute Gasteiger partial charge is 0.384 e. The van der Waals surface area contributed by atoms with Crippen LogP contribution in [0.1, 0.15) is 38.7 Å². The Hall–Kier alpha value is -1.51. The number of carbonyl (C=O) groups is 1. The van der Waals surface area contributed by atoms with E-state index in [1.807, 2.05) is 12.1 Å². The highest BCUT2D eigenvalue weighted by molar-refractivity contribution is 5.78. The van der Waals surface area contributed by atoms with Crippen LogP contribution in [0.5, 0.6) is 0 Å². The van der Waals surface area contributed by atoms with E-state index in [0.717, 1.165) is 6.54 Å². The smallest absolute Gasteiger partial charge is 0.220 e. The molecule has 3 nitrogen and oxygen atoms in total. The molecule has 2 rings (SSSR count). The minimum absolute atomic E-state index is 0.153. The van der Waals surface area contributed by atoms with E-state index >= 15 is 0 Å². The summed E-state index contributed by atoms with van der Waals surface area (Å²) in [5, 5.41) is 6.42. The molecule has 0 bridgehead atoms. The lowest BCUT2D eigenvalue weighted by atomic mass is 9.97. The van der Waals surface area contributed by atoms with Crippen LogP contribution < -0.4 is 10.6 Å². The van der Waals surface area contributed by atoms with E-state index in [-0.39, 0.29) is 11.9 Å². The van der Waals surface area contributed by atoms with Gasteiger partial charge in [-0.2, -0.15) is 0 Å². The second-order valence-electron chi connectivity index (χ2n) is 5.47. The van der Waals surface area contributed by atoms with E-state index in [4.69, 9.17) is 0 Å². The third-order valence-corrected chi connectivity index (χ3v) is 3.76. The van der Waals surface area contributed by atoms with Gasteiger partial charge in [-0.05, 0) is 24.5 Å². The number of benzene rings is 1. The summed E-state index contributed by atoms with van der Waals surface area (Å²) in [5.41, 5.74) is 2.44. The molecule has 0 radical (unpaired) electrons. The number of fused-ring (bicyclic) bond motifs is 1. The standard InChI is InChI=1S/C15H22N2O/c1-10(2)11(3)17-15(18)8-12-9-16-14-7-5-4-6-13(12)14/h4-7,10-12,16H,8-9H2,1-3H3,(H,17,18). The molecule has 2 atom stereocenters. The molecule has 0 aliphatic carbocycles. The minimum Gasteiger partial charge on any atom is -0.384 e. The normalized spacial score (nSPS) is 19.2. The Labute approximate surface area is 109 Å². The lowest BCUT2D eigenvalue weighted by molar-refractivity contribution is -0.122. The monoisotopic (exact) mass is 246 g/mol. The summed E-state index contributed by atoms with van der Waals surface area (Å²) in [6, 6.07) is 8.48. The predicted octanol–water partition coefficient (Wildman–Crippen LogP) is 2.75. The summed E-state index contributed by atoms with van der Waals surface area (Å²) in [5.74, 6) is 0.934. The summed E-state index contributed by atoms with van der Waals surface area (Å²) < 4.78 is 0. The summed E-state index contributed by atoms with van der Waals surface area (Å²) in [7, 11) is 0. The van der Waals surface area contributed by atoms with Gasteiger partial charge in [0.2, 0.25) is 5.91 Å². The molecule has 1 aliphatic heterocycles. The first-order valence-electron chi connectivity index (χ1n) is 6.70. The van der Waals surface area contributed by atoms with Crippen molar-refractivity contribution in [2.75, 3.05) is 11.9 Å². The highest BCUT2D eigenvalue weighted by atomic mass is 16.1. The zero-order valence-electron chi connectivity index (χ0n) is 11.4. The van der Waals surface area contributed by atoms with Gasteiger partial charge in [-0.3, -0.25) is 4.79 Å². The zero-order valence-corrected chi connectivity index (χ0v) is 11.4. The van der Waals surface area contributed by atoms with Crippen LogP contribution in [0.25, 0.3) is 0 Å². The first-order valence-corrected chi connectivity index (χ1v) is 6.70. The van der Waals surface area contributed by atoms with Crippen molar-refractivity contribution < 1.29 is 4.79 Å². The predicted molar refractivity (Wildman–Crippen MR) is 74.7 cm³/mol. The Morgan fingerprint density at radius 2 is 2.11 bits per heavy atom. The molecule has 1 aliphatic rings. The number of nitrogens with one attached hydrogen (secondary N) is 2. The van der Waals surface area contributed by atoms with Crippen LogP contribution in [0, 0.1) is 5.92 Å². The molecule has 1 aromatic carbocycles. The molecular formula is C15H22N2O. The number of para-hydroxylation sites is 1. The second-order valence-corrected chi connectivity index (χ2v) is 5.47. The van der Waals surface area contributed by atoms with Crippen molar-refractivity contribution in [3.63, 3.8) is 0 Å². The van der Waals surface area contributed by atoms with Gasteiger partial charge in [0.1, 0.15) is 0 Å². The fourth-order valence-corrected chi connectivity index (χ4v) is 2.24. The number of hydrogen-bond acceptors (Lipinski definition) is 2. The summed E-state index contributed by atoms with van der Waals surface area (Å²) >= 11 is 0. The van der Waals surface area contributed by atoms with E-state index in [0.29, 0.717) is 18.3 Å². The molecule has 2 unspecified atom stereocenters. The van der Waals surface area contributed by atoms with Crippen molar-refractivity contribution in [1.29, 1.82) is 0 Å². The van der Waals surface area contributed by atoms with Crippen LogP contribution in [0.2, 0.25) is 0 Å². The summed E-state index contributed by atoms with van der Waals surface area (Å²) in [6.07, 6.45) is 0.571. The summed E-state index contributed by atoms with van der Waals surface area (Å²) in [4.78, 5) is 12.0. The quantitative estimate of drug-likeness (QED) is 0.857. The lowest BCUT2D eigenvalue weighted by Gasteiger charge is -2.18. The highest BCUT2D eigenvalue weighted by Crippen LogP contribution is 2.33. The second kappa shape index (κ2) is 5.42. The average Bonchev–Trinajstić information content (AvgIpc) is 2.72. The highest BCUT2D eigenvalue weighted by Gasteiger charge is 2.24. The lowest BCUT2D eigenvalue weighted by Crippen LogP contribution is -2.36. The molecule has 18 heavy (non-hydrogen) atoms. The van der Waals surface area contributed by atoms with E-state index < -0.39 is 0 Å². The van der Waals surface area contributed by atoms with Crippen molar-refractivity contribution in [3.05, 3.63) is 29.8 Å². The topological polar surface area (TPSA) is 41.1 Å². The molecule has 1 aromatic rings. The molecule has 98 valence electrons. The zero-order chi connectivity index (χ0) is 13.1. The van der Waals surface area contributed by atoms with Gasteiger partial charge in [0, 0.05) is 30.6 Å². The average molecular weight is 246 g/mol. The minimum atomic E-state index is 0.153. The van der Waals surface area contributed by atoms with Crippen LogP contribution in [0.3, 0.4) is 0 Å². The Bertz CT molecular complexity index is 428. The first kappa shape index (κ1) is 12.9. The van der Waals surface area contributed by atoms with Crippen molar-refractivity contribution in [1.82, 2.24) is 5.32 Å². The van der Waals surface area contributed by atoms with Crippen molar-refractivity contribution in [3.8, 4) is 0 Å². The molecule has 0 spiro atoms. The molecule has 2 N–H and O–H groups in total. The number of hydrogen-bond donors (Lipinski definition) is 2. The maximum atomic E-state index is 12.0. The first-order chi connectivity index (χ1) is 8.58. The molecule has 0 saturated carbocycles. The van der Waals surface area contributed by atoms with Gasteiger partial charge in [0.05, 0.1) is 0 Å². The third-order valence-electron chi connectivity index (χ3n) is 3.76. The van der Waals surface area contributed by atoms with Crippen LogP contribution in [0.15, 0.2) is 24.3 Å². The Balaban J connectivity index is 1.94. The van der Waals surface area contributed by atoms with E-state index in [9.17, 15) is 4.79 Å². The van der Waals surface area contributed by atoms with E-state index in [1.54, 1.807) is 0 Å². The molecular weight excluding hydrogens is 224 g/mol. The van der Waals surface area contributed by atoms with Crippen molar-refractivity contribution >= 4 is 11.6 Å². The van der Waals surface area contributed by atoms with Gasteiger partial charge in [0.25, 0.3) is 0 Å². The number of anilines is 1. The Morgan fingerprint density at radius 1 is 1.39 bits per heavy atom. The Kier molecular flexibility index (Phi) is 3.90. The molecule has 0 aromatic heterocycles.